The number of likely N-dealkylation sites (N-methyl/N-ethyl adjacent to an activating group) is 1. The fourth-order valence-electron chi connectivity index (χ4n) is 3.18. The zero-order chi connectivity index (χ0) is 15.5. The molecule has 1 aliphatic heterocycles. The van der Waals surface area contributed by atoms with E-state index in [1.807, 2.05) is 37.4 Å². The van der Waals surface area contributed by atoms with Crippen LogP contribution in [0.25, 0.3) is 10.9 Å². The van der Waals surface area contributed by atoms with E-state index in [1.165, 1.54) is 0 Å². The van der Waals surface area contributed by atoms with Crippen molar-refractivity contribution in [1.29, 1.82) is 0 Å². The van der Waals surface area contributed by atoms with Gasteiger partial charge in [-0.1, -0.05) is 18.2 Å². The number of amides is 1. The Bertz CT molecular complexity index is 671. The van der Waals surface area contributed by atoms with Crippen molar-refractivity contribution < 1.29 is 9.18 Å². The van der Waals surface area contributed by atoms with E-state index in [9.17, 15) is 9.18 Å². The van der Waals surface area contributed by atoms with Gasteiger partial charge in [-0.3, -0.25) is 9.78 Å². The van der Waals surface area contributed by atoms with Gasteiger partial charge >= 0.3 is 0 Å². The Morgan fingerprint density at radius 1 is 1.41 bits per heavy atom. The van der Waals surface area contributed by atoms with Crippen LogP contribution in [0, 0.1) is 0 Å². The summed E-state index contributed by atoms with van der Waals surface area (Å²) in [5, 5.41) is 4.02. The van der Waals surface area contributed by atoms with Crippen LogP contribution < -0.4 is 5.32 Å². The van der Waals surface area contributed by atoms with Crippen molar-refractivity contribution in [3.05, 3.63) is 42.1 Å². The highest BCUT2D eigenvalue weighted by Gasteiger charge is 2.34. The summed E-state index contributed by atoms with van der Waals surface area (Å²) in [5.41, 5.74) is 1.82. The molecule has 1 aromatic carbocycles. The summed E-state index contributed by atoms with van der Waals surface area (Å²) in [6.07, 6.45) is 1.53. The number of hydrogen-bond donors (Lipinski definition) is 1. The zero-order valence-corrected chi connectivity index (χ0v) is 12.6. The predicted octanol–water partition coefficient (Wildman–Crippen LogP) is 1.94. The van der Waals surface area contributed by atoms with Crippen molar-refractivity contribution in [3.8, 4) is 0 Å². The minimum Gasteiger partial charge on any atom is -0.335 e. The first-order valence-corrected chi connectivity index (χ1v) is 7.60. The van der Waals surface area contributed by atoms with Crippen LogP contribution in [0.5, 0.6) is 0 Å². The van der Waals surface area contributed by atoms with Gasteiger partial charge in [0.1, 0.15) is 6.17 Å². The van der Waals surface area contributed by atoms with Crippen LogP contribution in [0.15, 0.2) is 36.5 Å². The van der Waals surface area contributed by atoms with Crippen LogP contribution in [0.4, 0.5) is 4.39 Å². The molecule has 2 heterocycles. The molecule has 4 nitrogen and oxygen atoms in total. The number of fused-ring (bicyclic) bond motifs is 1. The molecule has 1 aliphatic rings. The van der Waals surface area contributed by atoms with Crippen molar-refractivity contribution in [2.75, 3.05) is 20.1 Å². The number of nitrogens with one attached hydrogen (secondary N) is 1. The first-order valence-electron chi connectivity index (χ1n) is 7.60. The lowest BCUT2D eigenvalue weighted by Gasteiger charge is -2.24. The van der Waals surface area contributed by atoms with E-state index < -0.39 is 6.17 Å². The van der Waals surface area contributed by atoms with Crippen LogP contribution >= 0.6 is 0 Å². The van der Waals surface area contributed by atoms with Crippen LogP contribution in [-0.2, 0) is 11.2 Å². The summed E-state index contributed by atoms with van der Waals surface area (Å²) in [7, 11) is 1.82. The van der Waals surface area contributed by atoms with Crippen molar-refractivity contribution >= 4 is 16.8 Å². The lowest BCUT2D eigenvalue weighted by atomic mass is 10.0. The number of carbonyl (C=O) groups excluding carboxylic acids is 1. The molecule has 3 rings (SSSR count). The summed E-state index contributed by atoms with van der Waals surface area (Å²) in [6, 6.07) is 9.57. The Morgan fingerprint density at radius 2 is 2.27 bits per heavy atom. The molecule has 1 fully saturated rings. The number of benzene rings is 1. The van der Waals surface area contributed by atoms with Gasteiger partial charge < -0.3 is 10.2 Å². The Hall–Kier alpha value is -2.01. The molecule has 2 aromatic rings. The fourth-order valence-corrected chi connectivity index (χ4v) is 3.18. The number of nitrogens with zero attached hydrogens (tertiary/aromatic N) is 2. The van der Waals surface area contributed by atoms with E-state index in [1.54, 1.807) is 11.1 Å². The standard InChI is InChI=1S/C17H20FN3O/c1-19-10-14-9-13(18)11-21(14)17(22)8-12-4-2-6-16-15(12)5-3-7-20-16/h2-7,13-14,19H,8-11H2,1H3/t13-,14-/m0/s1. The minimum atomic E-state index is -0.920. The van der Waals surface area contributed by atoms with Gasteiger partial charge in [0.05, 0.1) is 18.5 Å². The second-order valence-corrected chi connectivity index (χ2v) is 5.75. The molecule has 1 N–H and O–H groups in total. The van der Waals surface area contributed by atoms with E-state index in [-0.39, 0.29) is 24.9 Å². The molecular weight excluding hydrogens is 281 g/mol. The van der Waals surface area contributed by atoms with Crippen molar-refractivity contribution in [1.82, 2.24) is 15.2 Å². The summed E-state index contributed by atoms with van der Waals surface area (Å²) in [4.78, 5) is 18.6. The number of aromatic nitrogens is 1. The summed E-state index contributed by atoms with van der Waals surface area (Å²) < 4.78 is 13.7. The normalized spacial score (nSPS) is 21.5. The predicted molar refractivity (Wildman–Crippen MR) is 84.4 cm³/mol. The highest BCUT2D eigenvalue weighted by Crippen LogP contribution is 2.23. The topological polar surface area (TPSA) is 45.2 Å². The molecule has 0 spiro atoms. The Morgan fingerprint density at radius 3 is 3.09 bits per heavy atom. The summed E-state index contributed by atoms with van der Waals surface area (Å²) in [6.45, 7) is 0.831. The van der Waals surface area contributed by atoms with Gasteiger partial charge in [0.25, 0.3) is 0 Å². The molecule has 1 saturated heterocycles. The van der Waals surface area contributed by atoms with Crippen molar-refractivity contribution in [2.24, 2.45) is 0 Å². The van der Waals surface area contributed by atoms with Gasteiger partial charge in [0.15, 0.2) is 0 Å². The van der Waals surface area contributed by atoms with E-state index in [0.29, 0.717) is 13.0 Å². The molecule has 0 aliphatic carbocycles. The zero-order valence-electron chi connectivity index (χ0n) is 12.6. The van der Waals surface area contributed by atoms with Gasteiger partial charge in [-0.15, -0.1) is 0 Å². The molecular formula is C17H20FN3O. The van der Waals surface area contributed by atoms with Gasteiger partial charge in [-0.25, -0.2) is 4.39 Å². The summed E-state index contributed by atoms with van der Waals surface area (Å²) in [5.74, 6) is -0.0169. The molecule has 0 unspecified atom stereocenters. The Kier molecular flexibility index (Phi) is 4.34. The van der Waals surface area contributed by atoms with Crippen LogP contribution in [0.2, 0.25) is 0 Å². The van der Waals surface area contributed by atoms with Crippen LogP contribution in [0.3, 0.4) is 0 Å². The minimum absolute atomic E-state index is 0.0169. The lowest BCUT2D eigenvalue weighted by Crippen LogP contribution is -2.41. The van der Waals surface area contributed by atoms with Crippen LogP contribution in [-0.4, -0.2) is 48.1 Å². The molecule has 22 heavy (non-hydrogen) atoms. The van der Waals surface area contributed by atoms with Gasteiger partial charge in [0.2, 0.25) is 5.91 Å². The number of halogens is 1. The molecule has 0 saturated carbocycles. The average Bonchev–Trinajstić information content (AvgIpc) is 2.89. The Labute approximate surface area is 129 Å². The summed E-state index contributed by atoms with van der Waals surface area (Å²) >= 11 is 0. The molecule has 1 aromatic heterocycles. The number of hydrogen-bond acceptors (Lipinski definition) is 3. The smallest absolute Gasteiger partial charge is 0.227 e. The third-order valence-corrected chi connectivity index (χ3v) is 4.20. The highest BCUT2D eigenvalue weighted by atomic mass is 19.1. The molecule has 116 valence electrons. The number of rotatable bonds is 4. The van der Waals surface area contributed by atoms with Gasteiger partial charge in [-0.05, 0) is 24.7 Å². The molecule has 2 atom stereocenters. The van der Waals surface area contributed by atoms with Crippen molar-refractivity contribution in [3.63, 3.8) is 0 Å². The third kappa shape index (κ3) is 2.95. The average molecular weight is 301 g/mol. The second-order valence-electron chi connectivity index (χ2n) is 5.75. The largest absolute Gasteiger partial charge is 0.335 e. The number of carbonyl (C=O) groups is 1. The van der Waals surface area contributed by atoms with E-state index in [0.717, 1.165) is 16.5 Å². The highest BCUT2D eigenvalue weighted by molar-refractivity contribution is 5.88. The SMILES string of the molecule is CNC[C@@H]1C[C@H](F)CN1C(=O)Cc1cccc2ncccc12. The van der Waals surface area contributed by atoms with Crippen molar-refractivity contribution in [2.45, 2.75) is 25.1 Å². The van der Waals surface area contributed by atoms with E-state index in [2.05, 4.69) is 10.3 Å². The maximum Gasteiger partial charge on any atom is 0.227 e. The number of pyridine rings is 1. The van der Waals surface area contributed by atoms with Gasteiger partial charge in [-0.2, -0.15) is 0 Å². The number of likely N-dealkylation sites (tertiary alicyclic amines) is 1. The first kappa shape index (κ1) is 14.9. The molecule has 0 radical (unpaired) electrons. The third-order valence-electron chi connectivity index (χ3n) is 4.20. The van der Waals surface area contributed by atoms with E-state index in [4.69, 9.17) is 0 Å². The fraction of sp³-hybridized carbons (Fsp3) is 0.412. The lowest BCUT2D eigenvalue weighted by molar-refractivity contribution is -0.131. The Balaban J connectivity index is 1.81. The quantitative estimate of drug-likeness (QED) is 0.938. The second kappa shape index (κ2) is 6.40. The first-order chi connectivity index (χ1) is 10.7. The number of alkyl halides is 1. The monoisotopic (exact) mass is 301 g/mol. The maximum absolute atomic E-state index is 13.7. The molecule has 0 bridgehead atoms. The maximum atomic E-state index is 13.7. The van der Waals surface area contributed by atoms with Crippen LogP contribution in [0.1, 0.15) is 12.0 Å². The van der Waals surface area contributed by atoms with E-state index >= 15 is 0 Å². The molecule has 1 amide bonds. The molecule has 5 heteroatoms. The van der Waals surface area contributed by atoms with Gasteiger partial charge in [0, 0.05) is 30.6 Å².